The summed E-state index contributed by atoms with van der Waals surface area (Å²) >= 11 is 0. The van der Waals surface area contributed by atoms with Crippen LogP contribution in [0.1, 0.15) is 5.56 Å². The Morgan fingerprint density at radius 2 is 2.03 bits per heavy atom. The lowest BCUT2D eigenvalue weighted by Crippen LogP contribution is -2.53. The van der Waals surface area contributed by atoms with Gasteiger partial charge in [0.2, 0.25) is 0 Å². The Hall–Kier alpha value is -3.70. The molecule has 1 unspecified atom stereocenters. The van der Waals surface area contributed by atoms with Crippen molar-refractivity contribution in [2.24, 2.45) is 0 Å². The van der Waals surface area contributed by atoms with Gasteiger partial charge in [0.1, 0.15) is 23.5 Å². The topological polar surface area (TPSA) is 105 Å². The average Bonchev–Trinajstić information content (AvgIpc) is 3.51. The first kappa shape index (κ1) is 21.2. The van der Waals surface area contributed by atoms with E-state index in [2.05, 4.69) is 25.5 Å². The minimum Gasteiger partial charge on any atom is -0.394 e. The van der Waals surface area contributed by atoms with E-state index in [1.807, 2.05) is 0 Å². The second-order valence-corrected chi connectivity index (χ2v) is 7.65. The molecule has 1 atom stereocenters. The van der Waals surface area contributed by atoms with E-state index < -0.39 is 5.82 Å². The second kappa shape index (κ2) is 9.04. The smallest absolute Gasteiger partial charge is 0.183 e. The van der Waals surface area contributed by atoms with Gasteiger partial charge in [-0.2, -0.15) is 5.10 Å². The molecule has 1 saturated heterocycles. The summed E-state index contributed by atoms with van der Waals surface area (Å²) < 4.78 is 35.5. The number of nitrogens with one attached hydrogen (secondary N) is 1. The van der Waals surface area contributed by atoms with Gasteiger partial charge in [0.05, 0.1) is 31.1 Å². The van der Waals surface area contributed by atoms with E-state index in [-0.39, 0.29) is 36.7 Å². The molecule has 11 heteroatoms. The van der Waals surface area contributed by atoms with Crippen LogP contribution in [0.15, 0.2) is 53.4 Å². The molecule has 3 aromatic heterocycles. The number of aliphatic hydroxyl groups is 1. The van der Waals surface area contributed by atoms with E-state index in [9.17, 15) is 13.9 Å². The van der Waals surface area contributed by atoms with Gasteiger partial charge >= 0.3 is 0 Å². The van der Waals surface area contributed by atoms with Crippen molar-refractivity contribution in [3.63, 3.8) is 0 Å². The molecule has 2 N–H and O–H groups in total. The van der Waals surface area contributed by atoms with Crippen LogP contribution in [-0.4, -0.2) is 62.3 Å². The first-order valence-electron chi connectivity index (χ1n) is 10.5. The van der Waals surface area contributed by atoms with E-state index >= 15 is 0 Å². The molecule has 0 radical (unpaired) electrons. The van der Waals surface area contributed by atoms with Crippen LogP contribution in [0, 0.1) is 11.6 Å². The van der Waals surface area contributed by atoms with E-state index in [1.54, 1.807) is 39.9 Å². The van der Waals surface area contributed by atoms with Crippen molar-refractivity contribution < 1.29 is 18.4 Å². The van der Waals surface area contributed by atoms with Gasteiger partial charge in [-0.25, -0.2) is 18.7 Å². The predicted octanol–water partition coefficient (Wildman–Crippen LogP) is 2.09. The molecule has 0 bridgehead atoms. The summed E-state index contributed by atoms with van der Waals surface area (Å²) in [6.07, 6.45) is 2.53. The third-order valence-corrected chi connectivity index (χ3v) is 5.55. The van der Waals surface area contributed by atoms with Gasteiger partial charge in [-0.3, -0.25) is 4.68 Å². The highest BCUT2D eigenvalue weighted by Crippen LogP contribution is 2.27. The molecule has 1 aliphatic rings. The van der Waals surface area contributed by atoms with Crippen molar-refractivity contribution in [2.75, 3.05) is 31.1 Å². The van der Waals surface area contributed by atoms with Gasteiger partial charge in [0.25, 0.3) is 0 Å². The molecule has 5 rings (SSSR count). The maximum atomic E-state index is 14.7. The zero-order valence-electron chi connectivity index (χ0n) is 17.5. The van der Waals surface area contributed by atoms with Crippen LogP contribution in [0.5, 0.6) is 0 Å². The molecule has 1 aromatic carbocycles. The third-order valence-electron chi connectivity index (χ3n) is 5.55. The Balaban J connectivity index is 1.55. The number of aromatic nitrogens is 5. The van der Waals surface area contributed by atoms with E-state index in [0.29, 0.717) is 42.3 Å². The fourth-order valence-electron chi connectivity index (χ4n) is 3.87. The number of nitrogens with zero attached hydrogens (tertiary/aromatic N) is 6. The standard InChI is InChI=1S/C22H21F2N7O2/c23-16-4-2-1-3-14(16)12-31-20(18-5-8-33-29-18)9-19(28-31)21-26-11-17(24)22(27-21)30-7-6-25-10-15(30)13-32/h1-5,8-9,11,15,25,32H,6-7,10,12-13H2. The van der Waals surface area contributed by atoms with E-state index in [0.717, 1.165) is 6.20 Å². The number of benzene rings is 1. The van der Waals surface area contributed by atoms with Gasteiger partial charge < -0.3 is 19.8 Å². The van der Waals surface area contributed by atoms with Crippen LogP contribution in [0.25, 0.3) is 22.9 Å². The van der Waals surface area contributed by atoms with Crippen LogP contribution in [0.2, 0.25) is 0 Å². The maximum absolute atomic E-state index is 14.7. The van der Waals surface area contributed by atoms with Crippen molar-refractivity contribution in [1.29, 1.82) is 0 Å². The Morgan fingerprint density at radius 1 is 1.15 bits per heavy atom. The summed E-state index contributed by atoms with van der Waals surface area (Å²) in [7, 11) is 0. The van der Waals surface area contributed by atoms with Gasteiger partial charge in [-0.15, -0.1) is 0 Å². The Labute approximate surface area is 187 Å². The van der Waals surface area contributed by atoms with Crippen LogP contribution < -0.4 is 10.2 Å². The number of halogens is 2. The lowest BCUT2D eigenvalue weighted by atomic mass is 10.2. The van der Waals surface area contributed by atoms with Crippen LogP contribution in [0.4, 0.5) is 14.6 Å². The summed E-state index contributed by atoms with van der Waals surface area (Å²) in [6, 6.07) is 9.50. The van der Waals surface area contributed by atoms with Gasteiger partial charge in [0.15, 0.2) is 17.5 Å². The van der Waals surface area contributed by atoms with Crippen LogP contribution in [0.3, 0.4) is 0 Å². The van der Waals surface area contributed by atoms with Gasteiger partial charge in [0, 0.05) is 31.3 Å². The molecule has 4 aromatic rings. The summed E-state index contributed by atoms with van der Waals surface area (Å²) in [5.41, 5.74) is 1.91. The molecule has 1 aliphatic heterocycles. The van der Waals surface area contributed by atoms with Crippen LogP contribution >= 0.6 is 0 Å². The zero-order valence-corrected chi connectivity index (χ0v) is 17.5. The number of piperazine rings is 1. The molecule has 0 spiro atoms. The molecule has 1 fully saturated rings. The largest absolute Gasteiger partial charge is 0.394 e. The van der Waals surface area contributed by atoms with Crippen LogP contribution in [-0.2, 0) is 6.54 Å². The minimum atomic E-state index is -0.582. The fourth-order valence-corrected chi connectivity index (χ4v) is 3.87. The van der Waals surface area contributed by atoms with Crippen molar-refractivity contribution >= 4 is 5.82 Å². The summed E-state index contributed by atoms with van der Waals surface area (Å²) in [5, 5.41) is 21.4. The highest BCUT2D eigenvalue weighted by Gasteiger charge is 2.26. The number of rotatable bonds is 6. The third kappa shape index (κ3) is 4.20. The highest BCUT2D eigenvalue weighted by atomic mass is 19.1. The number of hydrogen-bond acceptors (Lipinski definition) is 8. The maximum Gasteiger partial charge on any atom is 0.183 e. The second-order valence-electron chi connectivity index (χ2n) is 7.65. The highest BCUT2D eigenvalue weighted by molar-refractivity contribution is 5.63. The summed E-state index contributed by atoms with van der Waals surface area (Å²) in [4.78, 5) is 10.3. The average molecular weight is 453 g/mol. The van der Waals surface area contributed by atoms with E-state index in [1.165, 1.54) is 12.3 Å². The first-order valence-corrected chi connectivity index (χ1v) is 10.5. The molecule has 0 saturated carbocycles. The summed E-state index contributed by atoms with van der Waals surface area (Å²) in [5.74, 6) is -0.623. The molecule has 0 amide bonds. The quantitative estimate of drug-likeness (QED) is 0.457. The fraction of sp³-hybridized carbons (Fsp3) is 0.273. The molecule has 0 aliphatic carbocycles. The van der Waals surface area contributed by atoms with E-state index in [4.69, 9.17) is 4.52 Å². The Morgan fingerprint density at radius 3 is 2.82 bits per heavy atom. The molecule has 170 valence electrons. The van der Waals surface area contributed by atoms with Gasteiger partial charge in [-0.1, -0.05) is 23.4 Å². The SMILES string of the molecule is OCC1CNCCN1c1nc(-c2cc(-c3ccon3)n(Cc3ccccc3F)n2)ncc1F. The monoisotopic (exact) mass is 453 g/mol. The molecule has 33 heavy (non-hydrogen) atoms. The van der Waals surface area contributed by atoms with Gasteiger partial charge in [-0.05, 0) is 12.1 Å². The lowest BCUT2D eigenvalue weighted by molar-refractivity contribution is 0.245. The number of hydrogen-bond donors (Lipinski definition) is 2. The van der Waals surface area contributed by atoms with Crippen molar-refractivity contribution in [3.05, 3.63) is 66.1 Å². The lowest BCUT2D eigenvalue weighted by Gasteiger charge is -2.36. The first-order chi connectivity index (χ1) is 16.1. The number of anilines is 1. The molecular weight excluding hydrogens is 432 g/mol. The predicted molar refractivity (Wildman–Crippen MR) is 115 cm³/mol. The normalized spacial score (nSPS) is 16.3. The minimum absolute atomic E-state index is 0.104. The Kier molecular flexibility index (Phi) is 5.80. The molecule has 9 nitrogen and oxygen atoms in total. The molecule has 4 heterocycles. The Bertz CT molecular complexity index is 1250. The molecular formula is C22H21F2N7O2. The van der Waals surface area contributed by atoms with Crippen molar-refractivity contribution in [1.82, 2.24) is 30.2 Å². The number of aliphatic hydroxyl groups excluding tert-OH is 1. The summed E-state index contributed by atoms with van der Waals surface area (Å²) in [6.45, 7) is 1.66. The zero-order chi connectivity index (χ0) is 22.8. The van der Waals surface area contributed by atoms with Crippen molar-refractivity contribution in [3.8, 4) is 22.9 Å². The van der Waals surface area contributed by atoms with Crippen molar-refractivity contribution in [2.45, 2.75) is 12.6 Å².